The monoisotopic (exact) mass is 170 g/mol. The second kappa shape index (κ2) is 4.06. The first-order valence-corrected chi connectivity index (χ1v) is 4.69. The highest BCUT2D eigenvalue weighted by molar-refractivity contribution is 5.14. The van der Waals surface area contributed by atoms with Gasteiger partial charge in [-0.25, -0.2) is 0 Å². The van der Waals surface area contributed by atoms with Crippen LogP contribution in [0.1, 0.15) is 33.1 Å². The predicted molar refractivity (Wildman–Crippen MR) is 48.8 cm³/mol. The molecule has 0 spiro atoms. The third-order valence-electron chi connectivity index (χ3n) is 2.46. The van der Waals surface area contributed by atoms with Gasteiger partial charge in [-0.1, -0.05) is 19.9 Å². The van der Waals surface area contributed by atoms with Crippen LogP contribution >= 0.6 is 0 Å². The molecule has 0 aliphatic heterocycles. The topological polar surface area (TPSA) is 40.5 Å². The lowest BCUT2D eigenvalue weighted by Crippen LogP contribution is -2.28. The van der Waals surface area contributed by atoms with Crippen LogP contribution in [0.4, 0.5) is 0 Å². The van der Waals surface area contributed by atoms with E-state index in [-0.39, 0.29) is 0 Å². The SMILES string of the molecule is CC(C)C1=CCCC[C@@H](O)[C@H]1O. The van der Waals surface area contributed by atoms with Crippen molar-refractivity contribution in [1.82, 2.24) is 0 Å². The highest BCUT2D eigenvalue weighted by Crippen LogP contribution is 2.23. The first-order chi connectivity index (χ1) is 5.63. The molecule has 0 unspecified atom stereocenters. The van der Waals surface area contributed by atoms with Crippen molar-refractivity contribution in [2.75, 3.05) is 0 Å². The molecule has 1 aliphatic carbocycles. The fourth-order valence-electron chi connectivity index (χ4n) is 1.67. The zero-order valence-corrected chi connectivity index (χ0v) is 7.83. The molecule has 0 saturated heterocycles. The van der Waals surface area contributed by atoms with Gasteiger partial charge in [-0.3, -0.25) is 0 Å². The molecule has 1 aliphatic rings. The van der Waals surface area contributed by atoms with Crippen molar-refractivity contribution in [3.63, 3.8) is 0 Å². The zero-order chi connectivity index (χ0) is 9.14. The highest BCUT2D eigenvalue weighted by atomic mass is 16.3. The minimum atomic E-state index is -0.632. The summed E-state index contributed by atoms with van der Waals surface area (Å²) in [5.74, 6) is 0.341. The van der Waals surface area contributed by atoms with Crippen molar-refractivity contribution < 1.29 is 10.2 Å². The molecule has 1 rings (SSSR count). The van der Waals surface area contributed by atoms with Crippen molar-refractivity contribution in [3.8, 4) is 0 Å². The van der Waals surface area contributed by atoms with E-state index in [0.29, 0.717) is 12.3 Å². The zero-order valence-electron chi connectivity index (χ0n) is 7.83. The Labute approximate surface area is 73.9 Å². The molecule has 0 fully saturated rings. The van der Waals surface area contributed by atoms with Crippen LogP contribution in [0.5, 0.6) is 0 Å². The largest absolute Gasteiger partial charge is 0.390 e. The molecular formula is C10H18O2. The Bertz CT molecular complexity index is 173. The van der Waals surface area contributed by atoms with Crippen LogP contribution < -0.4 is 0 Å². The predicted octanol–water partition coefficient (Wildman–Crippen LogP) is 1.47. The van der Waals surface area contributed by atoms with Crippen LogP contribution in [0, 0.1) is 5.92 Å². The third-order valence-corrected chi connectivity index (χ3v) is 2.46. The minimum absolute atomic E-state index is 0.341. The van der Waals surface area contributed by atoms with Crippen LogP contribution in [0.15, 0.2) is 11.6 Å². The van der Waals surface area contributed by atoms with Crippen molar-refractivity contribution in [2.45, 2.75) is 45.3 Å². The van der Waals surface area contributed by atoms with E-state index in [1.807, 2.05) is 13.8 Å². The van der Waals surface area contributed by atoms with Gasteiger partial charge >= 0.3 is 0 Å². The second-order valence-electron chi connectivity index (χ2n) is 3.80. The van der Waals surface area contributed by atoms with Gasteiger partial charge in [0.05, 0.1) is 6.10 Å². The molecule has 0 aromatic rings. The second-order valence-corrected chi connectivity index (χ2v) is 3.80. The first-order valence-electron chi connectivity index (χ1n) is 4.69. The number of rotatable bonds is 1. The Hall–Kier alpha value is -0.340. The molecule has 0 aromatic heterocycles. The Morgan fingerprint density at radius 3 is 2.67 bits per heavy atom. The van der Waals surface area contributed by atoms with Crippen LogP contribution in [0.3, 0.4) is 0 Å². The number of hydrogen-bond donors (Lipinski definition) is 2. The molecule has 0 aromatic carbocycles. The molecule has 0 amide bonds. The molecule has 12 heavy (non-hydrogen) atoms. The van der Waals surface area contributed by atoms with Crippen LogP contribution in [-0.4, -0.2) is 22.4 Å². The molecule has 2 N–H and O–H groups in total. The summed E-state index contributed by atoms with van der Waals surface area (Å²) >= 11 is 0. The number of aliphatic hydroxyl groups excluding tert-OH is 2. The molecule has 2 nitrogen and oxygen atoms in total. The maximum absolute atomic E-state index is 9.67. The molecule has 0 radical (unpaired) electrons. The molecule has 0 bridgehead atoms. The van der Waals surface area contributed by atoms with E-state index >= 15 is 0 Å². The third kappa shape index (κ3) is 2.08. The van der Waals surface area contributed by atoms with Gasteiger partial charge in [-0.2, -0.15) is 0 Å². The van der Waals surface area contributed by atoms with Crippen molar-refractivity contribution >= 4 is 0 Å². The minimum Gasteiger partial charge on any atom is -0.390 e. The van der Waals surface area contributed by atoms with Gasteiger partial charge < -0.3 is 10.2 Å². The van der Waals surface area contributed by atoms with Crippen molar-refractivity contribution in [2.24, 2.45) is 5.92 Å². The Morgan fingerprint density at radius 1 is 1.42 bits per heavy atom. The van der Waals surface area contributed by atoms with Gasteiger partial charge in [0, 0.05) is 0 Å². The van der Waals surface area contributed by atoms with E-state index in [9.17, 15) is 10.2 Å². The average molecular weight is 170 g/mol. The number of allylic oxidation sites excluding steroid dienone is 1. The Morgan fingerprint density at radius 2 is 2.08 bits per heavy atom. The highest BCUT2D eigenvalue weighted by Gasteiger charge is 2.23. The lowest BCUT2D eigenvalue weighted by atomic mass is 9.94. The molecular weight excluding hydrogens is 152 g/mol. The van der Waals surface area contributed by atoms with Gasteiger partial charge in [0.25, 0.3) is 0 Å². The van der Waals surface area contributed by atoms with E-state index in [4.69, 9.17) is 0 Å². The van der Waals surface area contributed by atoms with E-state index in [2.05, 4.69) is 6.08 Å². The number of hydrogen-bond acceptors (Lipinski definition) is 2. The molecule has 2 atom stereocenters. The molecule has 2 heteroatoms. The lowest BCUT2D eigenvalue weighted by Gasteiger charge is -2.20. The normalized spacial score (nSPS) is 31.6. The summed E-state index contributed by atoms with van der Waals surface area (Å²) in [6.45, 7) is 4.10. The fraction of sp³-hybridized carbons (Fsp3) is 0.800. The van der Waals surface area contributed by atoms with Gasteiger partial charge in [-0.05, 0) is 30.8 Å². The summed E-state index contributed by atoms with van der Waals surface area (Å²) in [4.78, 5) is 0. The van der Waals surface area contributed by atoms with Gasteiger partial charge in [0.15, 0.2) is 0 Å². The van der Waals surface area contributed by atoms with Crippen LogP contribution in [-0.2, 0) is 0 Å². The van der Waals surface area contributed by atoms with Gasteiger partial charge in [0.2, 0.25) is 0 Å². The Balaban J connectivity index is 2.73. The smallest absolute Gasteiger partial charge is 0.101 e. The molecule has 0 heterocycles. The van der Waals surface area contributed by atoms with E-state index in [1.165, 1.54) is 0 Å². The maximum Gasteiger partial charge on any atom is 0.101 e. The summed E-state index contributed by atoms with van der Waals surface area (Å²) < 4.78 is 0. The summed E-state index contributed by atoms with van der Waals surface area (Å²) in [6, 6.07) is 0. The van der Waals surface area contributed by atoms with E-state index in [0.717, 1.165) is 18.4 Å². The number of aliphatic hydroxyl groups is 2. The summed E-state index contributed by atoms with van der Waals surface area (Å²) in [5.41, 5.74) is 1.00. The van der Waals surface area contributed by atoms with E-state index < -0.39 is 12.2 Å². The van der Waals surface area contributed by atoms with Crippen molar-refractivity contribution in [1.29, 1.82) is 0 Å². The first kappa shape index (κ1) is 9.75. The molecule has 70 valence electrons. The van der Waals surface area contributed by atoms with Gasteiger partial charge in [-0.15, -0.1) is 0 Å². The maximum atomic E-state index is 9.67. The van der Waals surface area contributed by atoms with Gasteiger partial charge in [0.1, 0.15) is 6.10 Å². The summed E-state index contributed by atoms with van der Waals surface area (Å²) in [6.07, 6.45) is 3.57. The van der Waals surface area contributed by atoms with E-state index in [1.54, 1.807) is 0 Å². The summed E-state index contributed by atoms with van der Waals surface area (Å²) in [7, 11) is 0. The average Bonchev–Trinajstić information content (AvgIpc) is 2.15. The summed E-state index contributed by atoms with van der Waals surface area (Å²) in [5, 5.41) is 19.2. The van der Waals surface area contributed by atoms with Crippen molar-refractivity contribution in [3.05, 3.63) is 11.6 Å². The fourth-order valence-corrected chi connectivity index (χ4v) is 1.67. The molecule has 0 saturated carbocycles. The quantitative estimate of drug-likeness (QED) is 0.585. The van der Waals surface area contributed by atoms with Crippen LogP contribution in [0.2, 0.25) is 0 Å². The standard InChI is InChI=1S/C10H18O2/c1-7(2)8-5-3-4-6-9(11)10(8)12/h5,7,9-12H,3-4,6H2,1-2H3/t9-,10+/m1/s1. The lowest BCUT2D eigenvalue weighted by molar-refractivity contribution is 0.0337. The Kier molecular flexibility index (Phi) is 3.29. The van der Waals surface area contributed by atoms with Crippen LogP contribution in [0.25, 0.3) is 0 Å².